The molecule has 23 heavy (non-hydrogen) atoms. The van der Waals surface area contributed by atoms with Gasteiger partial charge in [-0.1, -0.05) is 32.0 Å². The Hall–Kier alpha value is -2.36. The maximum atomic E-state index is 12.4. The lowest BCUT2D eigenvalue weighted by Crippen LogP contribution is -2.23. The van der Waals surface area contributed by atoms with Gasteiger partial charge in [-0.25, -0.2) is 0 Å². The minimum atomic E-state index is -0.0874. The summed E-state index contributed by atoms with van der Waals surface area (Å²) >= 11 is 0. The average Bonchev–Trinajstić information content (AvgIpc) is 2.50. The number of para-hydroxylation sites is 1. The Balaban J connectivity index is 2.20. The summed E-state index contributed by atoms with van der Waals surface area (Å²) in [6.45, 7) is 8.17. The van der Waals surface area contributed by atoms with E-state index < -0.39 is 0 Å². The molecule has 1 N–H and O–H groups in total. The molecule has 1 unspecified atom stereocenters. The Bertz CT molecular complexity index is 736. The normalized spacial score (nSPS) is 12.0. The van der Waals surface area contributed by atoms with Gasteiger partial charge in [0.05, 0.1) is 0 Å². The summed E-state index contributed by atoms with van der Waals surface area (Å²) in [6, 6.07) is 11.0. The second-order valence-corrected chi connectivity index (χ2v) is 6.00. The highest BCUT2D eigenvalue weighted by atomic mass is 16.2. The number of rotatable bonds is 5. The summed E-state index contributed by atoms with van der Waals surface area (Å²) in [4.78, 5) is 23.9. The number of amides is 1. The van der Waals surface area contributed by atoms with Crippen molar-refractivity contribution >= 4 is 11.6 Å². The molecule has 1 atom stereocenters. The number of nitrogens with one attached hydrogen (secondary N) is 1. The number of aromatic nitrogens is 1. The fourth-order valence-corrected chi connectivity index (χ4v) is 2.73. The lowest BCUT2D eigenvalue weighted by molar-refractivity contribution is -0.116. The first kappa shape index (κ1) is 17.0. The van der Waals surface area contributed by atoms with Crippen LogP contribution in [0.2, 0.25) is 0 Å². The topological polar surface area (TPSA) is 51.1 Å². The molecule has 1 aromatic carbocycles. The molecule has 0 saturated heterocycles. The van der Waals surface area contributed by atoms with Crippen LogP contribution in [0.15, 0.2) is 41.2 Å². The molecule has 2 rings (SSSR count). The van der Waals surface area contributed by atoms with Crippen LogP contribution in [0.3, 0.4) is 0 Å². The SMILES string of the molecule is CCC(C)c1ccccc1NC(=O)Cn1c(C)cc(=O)cc1C. The quantitative estimate of drug-likeness (QED) is 0.917. The third kappa shape index (κ3) is 4.09. The third-order valence-corrected chi connectivity index (χ3v) is 4.23. The monoisotopic (exact) mass is 312 g/mol. The van der Waals surface area contributed by atoms with Gasteiger partial charge in [-0.2, -0.15) is 0 Å². The molecule has 0 aliphatic carbocycles. The van der Waals surface area contributed by atoms with E-state index in [1.165, 1.54) is 0 Å². The predicted octanol–water partition coefficient (Wildman–Crippen LogP) is 3.62. The minimum absolute atomic E-state index is 0.0289. The van der Waals surface area contributed by atoms with Gasteiger partial charge in [-0.3, -0.25) is 9.59 Å². The molecule has 4 heteroatoms. The number of anilines is 1. The van der Waals surface area contributed by atoms with Gasteiger partial charge in [0, 0.05) is 29.2 Å². The van der Waals surface area contributed by atoms with Crippen molar-refractivity contribution in [3.63, 3.8) is 0 Å². The number of carbonyl (C=O) groups is 1. The largest absolute Gasteiger partial charge is 0.340 e. The van der Waals surface area contributed by atoms with Gasteiger partial charge in [0.2, 0.25) is 5.91 Å². The Labute approximate surface area is 137 Å². The maximum absolute atomic E-state index is 12.4. The lowest BCUT2D eigenvalue weighted by Gasteiger charge is -2.17. The fraction of sp³-hybridized carbons (Fsp3) is 0.368. The molecule has 4 nitrogen and oxygen atoms in total. The van der Waals surface area contributed by atoms with Crippen LogP contribution in [-0.4, -0.2) is 10.5 Å². The number of carbonyl (C=O) groups excluding carboxylic acids is 1. The van der Waals surface area contributed by atoms with Crippen molar-refractivity contribution in [3.8, 4) is 0 Å². The molecule has 0 aliphatic rings. The number of hydrogen-bond donors (Lipinski definition) is 1. The van der Waals surface area contributed by atoms with Crippen LogP contribution in [0.1, 0.15) is 43.1 Å². The first-order valence-corrected chi connectivity index (χ1v) is 7.99. The first-order chi connectivity index (χ1) is 10.9. The van der Waals surface area contributed by atoms with E-state index in [0.29, 0.717) is 5.92 Å². The Kier molecular flexibility index (Phi) is 5.37. The van der Waals surface area contributed by atoms with Crippen molar-refractivity contribution in [1.29, 1.82) is 0 Å². The number of aryl methyl sites for hydroxylation is 2. The molecular weight excluding hydrogens is 288 g/mol. The highest BCUT2D eigenvalue weighted by Crippen LogP contribution is 2.26. The molecule has 122 valence electrons. The second-order valence-electron chi connectivity index (χ2n) is 6.00. The number of pyridine rings is 1. The van der Waals surface area contributed by atoms with Crippen molar-refractivity contribution in [2.24, 2.45) is 0 Å². The van der Waals surface area contributed by atoms with Crippen molar-refractivity contribution in [2.45, 2.75) is 46.6 Å². The van der Waals surface area contributed by atoms with Gasteiger partial charge in [0.15, 0.2) is 5.43 Å². The summed E-state index contributed by atoms with van der Waals surface area (Å²) in [7, 11) is 0. The molecule has 0 fully saturated rings. The van der Waals surface area contributed by atoms with E-state index in [0.717, 1.165) is 29.1 Å². The highest BCUT2D eigenvalue weighted by molar-refractivity contribution is 5.91. The van der Waals surface area contributed by atoms with Gasteiger partial charge >= 0.3 is 0 Å². The first-order valence-electron chi connectivity index (χ1n) is 7.99. The standard InChI is InChI=1S/C19H24N2O2/c1-5-13(2)17-8-6-7-9-18(17)20-19(23)12-21-14(3)10-16(22)11-15(21)4/h6-11,13H,5,12H2,1-4H3,(H,20,23). The summed E-state index contributed by atoms with van der Waals surface area (Å²) in [6.07, 6.45) is 1.02. The molecule has 0 spiro atoms. The molecule has 2 aromatic rings. The summed E-state index contributed by atoms with van der Waals surface area (Å²) in [5.41, 5.74) is 3.57. The van der Waals surface area contributed by atoms with Crippen LogP contribution >= 0.6 is 0 Å². The molecule has 1 heterocycles. The number of nitrogens with zero attached hydrogens (tertiary/aromatic N) is 1. The van der Waals surface area contributed by atoms with Gasteiger partial charge in [-0.15, -0.1) is 0 Å². The number of hydrogen-bond acceptors (Lipinski definition) is 2. The van der Waals surface area contributed by atoms with E-state index in [4.69, 9.17) is 0 Å². The van der Waals surface area contributed by atoms with Gasteiger partial charge < -0.3 is 9.88 Å². The lowest BCUT2D eigenvalue weighted by atomic mass is 9.97. The van der Waals surface area contributed by atoms with Crippen LogP contribution in [0, 0.1) is 13.8 Å². The third-order valence-electron chi connectivity index (χ3n) is 4.23. The molecule has 1 amide bonds. The van der Waals surface area contributed by atoms with Crippen molar-refractivity contribution in [1.82, 2.24) is 4.57 Å². The van der Waals surface area contributed by atoms with Crippen molar-refractivity contribution < 1.29 is 4.79 Å². The van der Waals surface area contributed by atoms with E-state index in [9.17, 15) is 9.59 Å². The molecule has 1 aromatic heterocycles. The van der Waals surface area contributed by atoms with E-state index >= 15 is 0 Å². The van der Waals surface area contributed by atoms with E-state index in [-0.39, 0.29) is 17.9 Å². The summed E-state index contributed by atoms with van der Waals surface area (Å²) < 4.78 is 1.85. The van der Waals surface area contributed by atoms with E-state index in [1.807, 2.05) is 36.6 Å². The van der Waals surface area contributed by atoms with Gasteiger partial charge in [-0.05, 0) is 37.8 Å². The van der Waals surface area contributed by atoms with Gasteiger partial charge in [0.25, 0.3) is 0 Å². The van der Waals surface area contributed by atoms with Crippen molar-refractivity contribution in [2.75, 3.05) is 5.32 Å². The Morgan fingerprint density at radius 2 is 1.78 bits per heavy atom. The predicted molar refractivity (Wildman–Crippen MR) is 94.0 cm³/mol. The van der Waals surface area contributed by atoms with Crippen LogP contribution in [0.5, 0.6) is 0 Å². The molecule has 0 bridgehead atoms. The van der Waals surface area contributed by atoms with E-state index in [1.54, 1.807) is 12.1 Å². The smallest absolute Gasteiger partial charge is 0.244 e. The van der Waals surface area contributed by atoms with Crippen molar-refractivity contribution in [3.05, 3.63) is 63.6 Å². The molecule has 0 aliphatic heterocycles. The zero-order chi connectivity index (χ0) is 17.0. The summed E-state index contributed by atoms with van der Waals surface area (Å²) in [5.74, 6) is 0.304. The average molecular weight is 312 g/mol. The Morgan fingerprint density at radius 3 is 2.39 bits per heavy atom. The zero-order valence-corrected chi connectivity index (χ0v) is 14.2. The van der Waals surface area contributed by atoms with Crippen LogP contribution < -0.4 is 10.7 Å². The molecular formula is C19H24N2O2. The Morgan fingerprint density at radius 1 is 1.17 bits per heavy atom. The van der Waals surface area contributed by atoms with Crippen LogP contribution in [0.25, 0.3) is 0 Å². The number of benzene rings is 1. The molecule has 0 saturated carbocycles. The fourth-order valence-electron chi connectivity index (χ4n) is 2.73. The minimum Gasteiger partial charge on any atom is -0.340 e. The van der Waals surface area contributed by atoms with Crippen LogP contribution in [0.4, 0.5) is 5.69 Å². The van der Waals surface area contributed by atoms with E-state index in [2.05, 4.69) is 25.2 Å². The van der Waals surface area contributed by atoms with Crippen LogP contribution in [-0.2, 0) is 11.3 Å². The highest BCUT2D eigenvalue weighted by Gasteiger charge is 2.12. The maximum Gasteiger partial charge on any atom is 0.244 e. The molecule has 0 radical (unpaired) electrons. The van der Waals surface area contributed by atoms with Gasteiger partial charge in [0.1, 0.15) is 6.54 Å². The zero-order valence-electron chi connectivity index (χ0n) is 14.2. The second kappa shape index (κ2) is 7.27. The summed E-state index contributed by atoms with van der Waals surface area (Å²) in [5, 5.41) is 3.01.